The predicted octanol–water partition coefficient (Wildman–Crippen LogP) is 5.69. The highest BCUT2D eigenvalue weighted by Crippen LogP contribution is 2.24. The van der Waals surface area contributed by atoms with Crippen LogP contribution < -0.4 is 0 Å². The second kappa shape index (κ2) is 11.3. The van der Waals surface area contributed by atoms with Gasteiger partial charge in [0.25, 0.3) is 0 Å². The van der Waals surface area contributed by atoms with E-state index in [-0.39, 0.29) is 5.97 Å². The van der Waals surface area contributed by atoms with E-state index in [0.717, 1.165) is 32.1 Å². The number of carbonyl (C=O) groups excluding carboxylic acids is 1. The fourth-order valence-electron chi connectivity index (χ4n) is 2.92. The largest absolute Gasteiger partial charge is 0.466 e. The number of furan rings is 1. The Hall–Kier alpha value is -1.25. The molecule has 132 valence electrons. The molecule has 1 aromatic rings. The molecule has 0 unspecified atom stereocenters. The van der Waals surface area contributed by atoms with E-state index in [0.29, 0.717) is 13.0 Å². The molecule has 0 fully saturated rings. The van der Waals surface area contributed by atoms with Crippen molar-refractivity contribution in [3.8, 4) is 0 Å². The summed E-state index contributed by atoms with van der Waals surface area (Å²) in [6.07, 6.45) is 10.8. The SMILES string of the molecule is CCCc1oc(CCCCCCCCC(=O)OCC)c(C)c1C. The fourth-order valence-corrected chi connectivity index (χ4v) is 2.92. The van der Waals surface area contributed by atoms with Crippen molar-refractivity contribution in [1.82, 2.24) is 0 Å². The van der Waals surface area contributed by atoms with Crippen LogP contribution >= 0.6 is 0 Å². The molecule has 0 aliphatic heterocycles. The molecule has 3 heteroatoms. The number of hydrogen-bond acceptors (Lipinski definition) is 3. The molecule has 0 saturated heterocycles. The first-order valence-corrected chi connectivity index (χ1v) is 9.33. The Morgan fingerprint density at radius 2 is 1.43 bits per heavy atom. The van der Waals surface area contributed by atoms with Gasteiger partial charge >= 0.3 is 5.97 Å². The molecule has 0 N–H and O–H groups in total. The van der Waals surface area contributed by atoms with E-state index in [4.69, 9.17) is 9.15 Å². The van der Waals surface area contributed by atoms with Crippen molar-refractivity contribution in [1.29, 1.82) is 0 Å². The van der Waals surface area contributed by atoms with Crippen molar-refractivity contribution < 1.29 is 13.9 Å². The summed E-state index contributed by atoms with van der Waals surface area (Å²) in [7, 11) is 0. The third-order valence-corrected chi connectivity index (χ3v) is 4.46. The minimum Gasteiger partial charge on any atom is -0.466 e. The molecule has 0 amide bonds. The van der Waals surface area contributed by atoms with Crippen LogP contribution in [-0.4, -0.2) is 12.6 Å². The van der Waals surface area contributed by atoms with Gasteiger partial charge in [-0.3, -0.25) is 4.79 Å². The number of ether oxygens (including phenoxy) is 1. The Kier molecular flexibility index (Phi) is 9.74. The maximum absolute atomic E-state index is 11.2. The number of esters is 1. The molecule has 0 aliphatic carbocycles. The van der Waals surface area contributed by atoms with E-state index in [9.17, 15) is 4.79 Å². The van der Waals surface area contributed by atoms with Gasteiger partial charge in [0.2, 0.25) is 0 Å². The summed E-state index contributed by atoms with van der Waals surface area (Å²) in [6, 6.07) is 0. The zero-order chi connectivity index (χ0) is 17.1. The number of rotatable bonds is 12. The van der Waals surface area contributed by atoms with Gasteiger partial charge in [-0.05, 0) is 51.2 Å². The van der Waals surface area contributed by atoms with Crippen LogP contribution in [0, 0.1) is 13.8 Å². The number of hydrogen-bond donors (Lipinski definition) is 0. The molecule has 0 bridgehead atoms. The van der Waals surface area contributed by atoms with E-state index >= 15 is 0 Å². The highest BCUT2D eigenvalue weighted by Gasteiger charge is 2.12. The summed E-state index contributed by atoms with van der Waals surface area (Å²) in [4.78, 5) is 11.2. The standard InChI is InChI=1S/C20H34O3/c1-5-13-18-16(3)17(4)19(23-18)14-11-9-7-8-10-12-15-20(21)22-6-2/h5-15H2,1-4H3. The molecule has 0 aromatic carbocycles. The minimum absolute atomic E-state index is 0.0564. The summed E-state index contributed by atoms with van der Waals surface area (Å²) in [5.41, 5.74) is 2.70. The summed E-state index contributed by atoms with van der Waals surface area (Å²) in [6.45, 7) is 8.90. The molecule has 1 rings (SSSR count). The summed E-state index contributed by atoms with van der Waals surface area (Å²) >= 11 is 0. The van der Waals surface area contributed by atoms with E-state index in [2.05, 4.69) is 20.8 Å². The Morgan fingerprint density at radius 3 is 2.04 bits per heavy atom. The van der Waals surface area contributed by atoms with Gasteiger partial charge in [-0.15, -0.1) is 0 Å². The van der Waals surface area contributed by atoms with Crippen molar-refractivity contribution in [2.45, 2.75) is 91.9 Å². The summed E-state index contributed by atoms with van der Waals surface area (Å²) in [5.74, 6) is 2.31. The lowest BCUT2D eigenvalue weighted by Gasteiger charge is -2.03. The van der Waals surface area contributed by atoms with E-state index in [1.165, 1.54) is 48.3 Å². The Balaban J connectivity index is 2.11. The average Bonchev–Trinajstić information content (AvgIpc) is 2.79. The zero-order valence-electron chi connectivity index (χ0n) is 15.5. The van der Waals surface area contributed by atoms with Gasteiger partial charge in [0.1, 0.15) is 11.5 Å². The van der Waals surface area contributed by atoms with Crippen molar-refractivity contribution in [2.24, 2.45) is 0 Å². The van der Waals surface area contributed by atoms with Crippen LogP contribution in [0.4, 0.5) is 0 Å². The van der Waals surface area contributed by atoms with Crippen LogP contribution in [0.25, 0.3) is 0 Å². The quantitative estimate of drug-likeness (QED) is 0.367. The molecule has 23 heavy (non-hydrogen) atoms. The first-order valence-electron chi connectivity index (χ1n) is 9.33. The maximum Gasteiger partial charge on any atom is 0.305 e. The van der Waals surface area contributed by atoms with Gasteiger partial charge in [0, 0.05) is 19.3 Å². The Morgan fingerprint density at radius 1 is 0.870 bits per heavy atom. The Bertz CT molecular complexity index is 460. The Labute approximate surface area is 141 Å². The molecule has 3 nitrogen and oxygen atoms in total. The highest BCUT2D eigenvalue weighted by molar-refractivity contribution is 5.69. The topological polar surface area (TPSA) is 39.4 Å². The molecule has 0 spiro atoms. The van der Waals surface area contributed by atoms with Gasteiger partial charge < -0.3 is 9.15 Å². The first-order chi connectivity index (χ1) is 11.1. The lowest BCUT2D eigenvalue weighted by Crippen LogP contribution is -2.03. The number of aryl methyl sites for hydroxylation is 2. The maximum atomic E-state index is 11.2. The van der Waals surface area contributed by atoms with Crippen LogP contribution in [0.1, 0.15) is 87.9 Å². The third kappa shape index (κ3) is 7.24. The monoisotopic (exact) mass is 322 g/mol. The van der Waals surface area contributed by atoms with Gasteiger partial charge in [0.15, 0.2) is 0 Å². The van der Waals surface area contributed by atoms with Crippen LogP contribution in [0.3, 0.4) is 0 Å². The molecular weight excluding hydrogens is 288 g/mol. The van der Waals surface area contributed by atoms with E-state index < -0.39 is 0 Å². The molecular formula is C20H34O3. The predicted molar refractivity (Wildman–Crippen MR) is 94.8 cm³/mol. The molecule has 1 aromatic heterocycles. The van der Waals surface area contributed by atoms with Gasteiger partial charge in [-0.1, -0.05) is 32.6 Å². The number of carbonyl (C=O) groups is 1. The van der Waals surface area contributed by atoms with Crippen LogP contribution in [-0.2, 0) is 22.4 Å². The second-order valence-electron chi connectivity index (χ2n) is 6.37. The van der Waals surface area contributed by atoms with Crippen molar-refractivity contribution >= 4 is 5.97 Å². The van der Waals surface area contributed by atoms with Crippen LogP contribution in [0.2, 0.25) is 0 Å². The smallest absolute Gasteiger partial charge is 0.305 e. The minimum atomic E-state index is -0.0564. The van der Waals surface area contributed by atoms with Crippen molar-refractivity contribution in [3.63, 3.8) is 0 Å². The summed E-state index contributed by atoms with van der Waals surface area (Å²) < 4.78 is 11.0. The molecule has 0 atom stereocenters. The molecule has 0 aliphatic rings. The second-order valence-corrected chi connectivity index (χ2v) is 6.37. The fraction of sp³-hybridized carbons (Fsp3) is 0.750. The van der Waals surface area contributed by atoms with Gasteiger partial charge in [-0.2, -0.15) is 0 Å². The first kappa shape index (κ1) is 19.8. The average molecular weight is 322 g/mol. The third-order valence-electron chi connectivity index (χ3n) is 4.46. The molecule has 0 saturated carbocycles. The molecule has 1 heterocycles. The lowest BCUT2D eigenvalue weighted by molar-refractivity contribution is -0.143. The summed E-state index contributed by atoms with van der Waals surface area (Å²) in [5, 5.41) is 0. The van der Waals surface area contributed by atoms with Crippen LogP contribution in [0.5, 0.6) is 0 Å². The van der Waals surface area contributed by atoms with Gasteiger partial charge in [0.05, 0.1) is 6.61 Å². The molecule has 0 radical (unpaired) electrons. The number of unbranched alkanes of at least 4 members (excludes halogenated alkanes) is 5. The van der Waals surface area contributed by atoms with Gasteiger partial charge in [-0.25, -0.2) is 0 Å². The van der Waals surface area contributed by atoms with E-state index in [1.807, 2.05) is 6.92 Å². The zero-order valence-corrected chi connectivity index (χ0v) is 15.5. The lowest BCUT2D eigenvalue weighted by atomic mass is 10.0. The highest BCUT2D eigenvalue weighted by atomic mass is 16.5. The van der Waals surface area contributed by atoms with Crippen molar-refractivity contribution in [3.05, 3.63) is 22.6 Å². The van der Waals surface area contributed by atoms with Crippen LogP contribution in [0.15, 0.2) is 4.42 Å². The normalized spacial score (nSPS) is 11.0. The van der Waals surface area contributed by atoms with Crippen molar-refractivity contribution in [2.75, 3.05) is 6.61 Å². The van der Waals surface area contributed by atoms with E-state index in [1.54, 1.807) is 0 Å².